The van der Waals surface area contributed by atoms with Crippen LogP contribution < -0.4 is 5.32 Å². The largest absolute Gasteiger partial charge is 0.465 e. The van der Waals surface area contributed by atoms with Crippen LogP contribution >= 0.6 is 0 Å². The zero-order valence-electron chi connectivity index (χ0n) is 14.5. The van der Waals surface area contributed by atoms with Crippen molar-refractivity contribution in [1.29, 1.82) is 0 Å². The van der Waals surface area contributed by atoms with Crippen molar-refractivity contribution >= 4 is 28.6 Å². The second-order valence-electron chi connectivity index (χ2n) is 5.84. The molecule has 2 N–H and O–H groups in total. The first kappa shape index (κ1) is 17.6. The highest BCUT2D eigenvalue weighted by Gasteiger charge is 2.17. The molecule has 0 bridgehead atoms. The van der Waals surface area contributed by atoms with Gasteiger partial charge in [-0.25, -0.2) is 9.78 Å². The van der Waals surface area contributed by atoms with Crippen molar-refractivity contribution in [3.05, 3.63) is 59.9 Å². The third-order valence-electron chi connectivity index (χ3n) is 3.95. The monoisotopic (exact) mass is 353 g/mol. The van der Waals surface area contributed by atoms with E-state index in [2.05, 4.69) is 15.0 Å². The molecule has 134 valence electrons. The first-order valence-electron chi connectivity index (χ1n) is 8.11. The van der Waals surface area contributed by atoms with Crippen LogP contribution in [-0.2, 0) is 16.1 Å². The van der Waals surface area contributed by atoms with Crippen LogP contribution in [0.25, 0.3) is 11.0 Å². The molecule has 0 spiro atoms. The van der Waals surface area contributed by atoms with Crippen LogP contribution in [0.1, 0.15) is 29.2 Å². The predicted octanol–water partition coefficient (Wildman–Crippen LogP) is 2.51. The summed E-state index contributed by atoms with van der Waals surface area (Å²) in [5.74, 6) is -0.266. The highest BCUT2D eigenvalue weighted by atomic mass is 16.5. The minimum atomic E-state index is -0.797. The Morgan fingerprint density at radius 1 is 1.19 bits per heavy atom. The topological polar surface area (TPSA) is 93.5 Å². The summed E-state index contributed by atoms with van der Waals surface area (Å²) in [6.07, 6.45) is -0.797. The summed E-state index contributed by atoms with van der Waals surface area (Å²) in [7, 11) is 1.31. The second-order valence-corrected chi connectivity index (χ2v) is 5.84. The summed E-state index contributed by atoms with van der Waals surface area (Å²) in [6, 6.07) is 13.8. The minimum Gasteiger partial charge on any atom is -0.465 e. The Morgan fingerprint density at radius 2 is 1.88 bits per heavy atom. The number of hydrogen-bond donors (Lipinski definition) is 2. The van der Waals surface area contributed by atoms with E-state index in [1.807, 2.05) is 24.3 Å². The van der Waals surface area contributed by atoms with E-state index in [1.54, 1.807) is 35.8 Å². The highest BCUT2D eigenvalue weighted by molar-refractivity contribution is 5.93. The van der Waals surface area contributed by atoms with Gasteiger partial charge in [-0.1, -0.05) is 12.1 Å². The molecule has 0 aliphatic rings. The summed E-state index contributed by atoms with van der Waals surface area (Å²) in [6.45, 7) is 1.63. The fraction of sp³-hybridized carbons (Fsp3) is 0.211. The average molecular weight is 353 g/mol. The molecule has 26 heavy (non-hydrogen) atoms. The number of para-hydroxylation sites is 2. The molecule has 0 fully saturated rings. The molecule has 3 rings (SSSR count). The first-order valence-corrected chi connectivity index (χ1v) is 8.11. The number of carbonyl (C=O) groups is 2. The number of benzene rings is 2. The van der Waals surface area contributed by atoms with Crippen LogP contribution in [0.4, 0.5) is 5.69 Å². The maximum Gasteiger partial charge on any atom is 0.337 e. The molecule has 1 amide bonds. The fourth-order valence-corrected chi connectivity index (χ4v) is 2.73. The molecule has 0 aliphatic heterocycles. The third kappa shape index (κ3) is 3.57. The van der Waals surface area contributed by atoms with Crippen molar-refractivity contribution < 1.29 is 19.4 Å². The molecule has 1 atom stereocenters. The quantitative estimate of drug-likeness (QED) is 0.688. The summed E-state index contributed by atoms with van der Waals surface area (Å²) in [5, 5.41) is 12.7. The molecule has 1 heterocycles. The number of amides is 1. The van der Waals surface area contributed by atoms with E-state index in [4.69, 9.17) is 0 Å². The number of aliphatic hydroxyl groups is 1. The van der Waals surface area contributed by atoms with Crippen LogP contribution in [0.5, 0.6) is 0 Å². The number of aliphatic hydroxyl groups excluding tert-OH is 1. The number of aromatic nitrogens is 2. The van der Waals surface area contributed by atoms with E-state index in [9.17, 15) is 14.7 Å². The number of ether oxygens (including phenoxy) is 1. The van der Waals surface area contributed by atoms with Crippen LogP contribution in [0, 0.1) is 0 Å². The van der Waals surface area contributed by atoms with Gasteiger partial charge in [0.15, 0.2) is 0 Å². The number of nitrogens with one attached hydrogen (secondary N) is 1. The van der Waals surface area contributed by atoms with E-state index in [-0.39, 0.29) is 12.5 Å². The van der Waals surface area contributed by atoms with Gasteiger partial charge in [0.05, 0.1) is 23.7 Å². The Morgan fingerprint density at radius 3 is 2.54 bits per heavy atom. The number of esters is 1. The van der Waals surface area contributed by atoms with Gasteiger partial charge in [-0.05, 0) is 43.3 Å². The molecule has 7 heteroatoms. The van der Waals surface area contributed by atoms with Crippen LogP contribution in [0.2, 0.25) is 0 Å². The van der Waals surface area contributed by atoms with Crippen molar-refractivity contribution in [2.75, 3.05) is 12.4 Å². The van der Waals surface area contributed by atoms with Crippen LogP contribution in [-0.4, -0.2) is 33.6 Å². The SMILES string of the molecule is COC(=O)c1ccc(NC(=O)Cn2c(C(C)O)nc3ccccc32)cc1. The van der Waals surface area contributed by atoms with Crippen LogP contribution in [0.15, 0.2) is 48.5 Å². The lowest BCUT2D eigenvalue weighted by Gasteiger charge is -2.11. The van der Waals surface area contributed by atoms with Gasteiger partial charge >= 0.3 is 5.97 Å². The molecule has 3 aromatic rings. The van der Waals surface area contributed by atoms with Gasteiger partial charge in [0.25, 0.3) is 0 Å². The van der Waals surface area contributed by atoms with E-state index in [0.29, 0.717) is 17.1 Å². The maximum atomic E-state index is 12.4. The Bertz CT molecular complexity index is 945. The van der Waals surface area contributed by atoms with E-state index >= 15 is 0 Å². The van der Waals surface area contributed by atoms with E-state index in [0.717, 1.165) is 11.0 Å². The molecular weight excluding hydrogens is 334 g/mol. The number of anilines is 1. The minimum absolute atomic E-state index is 0.0134. The molecule has 2 aromatic carbocycles. The molecule has 1 aromatic heterocycles. The third-order valence-corrected chi connectivity index (χ3v) is 3.95. The van der Waals surface area contributed by atoms with E-state index < -0.39 is 12.1 Å². The normalized spacial score (nSPS) is 12.0. The molecular formula is C19H19N3O4. The zero-order chi connectivity index (χ0) is 18.7. The number of imidazole rings is 1. The Hall–Kier alpha value is -3.19. The Kier molecular flexibility index (Phi) is 4.99. The van der Waals surface area contributed by atoms with Crippen molar-refractivity contribution in [3.63, 3.8) is 0 Å². The lowest BCUT2D eigenvalue weighted by atomic mass is 10.2. The number of methoxy groups -OCH3 is 1. The first-order chi connectivity index (χ1) is 12.5. The number of nitrogens with zero attached hydrogens (tertiary/aromatic N) is 2. The summed E-state index contributed by atoms with van der Waals surface area (Å²) in [5.41, 5.74) is 2.46. The van der Waals surface area contributed by atoms with Crippen molar-refractivity contribution in [2.24, 2.45) is 0 Å². The second kappa shape index (κ2) is 7.37. The smallest absolute Gasteiger partial charge is 0.337 e. The molecule has 1 unspecified atom stereocenters. The highest BCUT2D eigenvalue weighted by Crippen LogP contribution is 2.21. The average Bonchev–Trinajstić information content (AvgIpc) is 3.00. The molecule has 7 nitrogen and oxygen atoms in total. The zero-order valence-corrected chi connectivity index (χ0v) is 14.5. The molecule has 0 radical (unpaired) electrons. The van der Waals surface area contributed by atoms with Gasteiger partial charge in [0, 0.05) is 5.69 Å². The summed E-state index contributed by atoms with van der Waals surface area (Å²) < 4.78 is 6.34. The van der Waals surface area contributed by atoms with Gasteiger partial charge in [0.2, 0.25) is 5.91 Å². The lowest BCUT2D eigenvalue weighted by molar-refractivity contribution is -0.116. The molecule has 0 saturated carbocycles. The van der Waals surface area contributed by atoms with Gasteiger partial charge < -0.3 is 19.7 Å². The van der Waals surface area contributed by atoms with Gasteiger partial charge in [-0.3, -0.25) is 4.79 Å². The maximum absolute atomic E-state index is 12.4. The predicted molar refractivity (Wildman–Crippen MR) is 96.8 cm³/mol. The van der Waals surface area contributed by atoms with Crippen LogP contribution in [0.3, 0.4) is 0 Å². The molecule has 0 aliphatic carbocycles. The lowest BCUT2D eigenvalue weighted by Crippen LogP contribution is -2.21. The Balaban J connectivity index is 1.79. The number of carbonyl (C=O) groups excluding carboxylic acids is 2. The number of fused-ring (bicyclic) bond motifs is 1. The van der Waals surface area contributed by atoms with Crippen molar-refractivity contribution in [2.45, 2.75) is 19.6 Å². The fourth-order valence-electron chi connectivity index (χ4n) is 2.73. The van der Waals surface area contributed by atoms with Gasteiger partial charge in [-0.2, -0.15) is 0 Å². The van der Waals surface area contributed by atoms with E-state index in [1.165, 1.54) is 7.11 Å². The van der Waals surface area contributed by atoms with Gasteiger partial charge in [-0.15, -0.1) is 0 Å². The number of rotatable bonds is 5. The van der Waals surface area contributed by atoms with Crippen molar-refractivity contribution in [3.8, 4) is 0 Å². The Labute approximate surface area is 150 Å². The van der Waals surface area contributed by atoms with Crippen molar-refractivity contribution in [1.82, 2.24) is 9.55 Å². The number of hydrogen-bond acceptors (Lipinski definition) is 5. The van der Waals surface area contributed by atoms with Gasteiger partial charge in [0.1, 0.15) is 18.5 Å². The summed E-state index contributed by atoms with van der Waals surface area (Å²) >= 11 is 0. The molecule has 0 saturated heterocycles. The standard InChI is InChI=1S/C19H19N3O4/c1-12(23)18-21-15-5-3-4-6-16(15)22(18)11-17(24)20-14-9-7-13(8-10-14)19(25)26-2/h3-10,12,23H,11H2,1-2H3,(H,20,24). The summed E-state index contributed by atoms with van der Waals surface area (Å²) in [4.78, 5) is 28.3.